The van der Waals surface area contributed by atoms with Gasteiger partial charge in [0.25, 0.3) is 5.91 Å². The van der Waals surface area contributed by atoms with Crippen molar-refractivity contribution in [3.63, 3.8) is 0 Å². The van der Waals surface area contributed by atoms with Crippen LogP contribution < -0.4 is 20.2 Å². The average Bonchev–Trinajstić information content (AvgIpc) is 2.84. The predicted octanol–water partition coefficient (Wildman–Crippen LogP) is 3.54. The number of amides is 2. The molecule has 0 fully saturated rings. The number of nitrogens with one attached hydrogen (secondary N) is 2. The van der Waals surface area contributed by atoms with E-state index in [1.807, 2.05) is 54.6 Å². The fourth-order valence-electron chi connectivity index (χ4n) is 2.82. The topological polar surface area (TPSA) is 89.0 Å². The third-order valence-corrected chi connectivity index (χ3v) is 4.54. The number of hydrogen-bond acceptors (Lipinski definition) is 5. The van der Waals surface area contributed by atoms with Gasteiger partial charge in [0.15, 0.2) is 0 Å². The minimum atomic E-state index is -0.307. The van der Waals surface area contributed by atoms with Gasteiger partial charge in [0, 0.05) is 24.1 Å². The number of carbonyl (C=O) groups excluding carboxylic acids is 2. The summed E-state index contributed by atoms with van der Waals surface area (Å²) in [6, 6.07) is 24.0. The van der Waals surface area contributed by atoms with E-state index in [0.717, 1.165) is 11.1 Å². The van der Waals surface area contributed by atoms with Gasteiger partial charge in [0.2, 0.25) is 5.91 Å². The summed E-state index contributed by atoms with van der Waals surface area (Å²) in [7, 11) is 1.56. The van der Waals surface area contributed by atoms with Crippen molar-refractivity contribution in [1.29, 1.82) is 0 Å². The second-order valence-corrected chi connectivity index (χ2v) is 6.84. The van der Waals surface area contributed by atoms with Crippen molar-refractivity contribution in [3.05, 3.63) is 95.6 Å². The maximum Gasteiger partial charge on any atom is 0.251 e. The van der Waals surface area contributed by atoms with Crippen LogP contribution in [0.15, 0.2) is 84.0 Å². The number of para-hydroxylation sites is 1. The molecule has 0 aliphatic heterocycles. The van der Waals surface area contributed by atoms with E-state index >= 15 is 0 Å². The molecule has 32 heavy (non-hydrogen) atoms. The van der Waals surface area contributed by atoms with E-state index in [-0.39, 0.29) is 24.8 Å². The largest absolute Gasteiger partial charge is 0.497 e. The average molecular weight is 431 g/mol. The molecule has 0 bridgehead atoms. The molecule has 0 spiro atoms. The molecule has 3 aromatic carbocycles. The number of hydrazone groups is 1. The van der Waals surface area contributed by atoms with Crippen molar-refractivity contribution in [3.8, 4) is 11.5 Å². The van der Waals surface area contributed by atoms with Gasteiger partial charge in [-0.1, -0.05) is 42.5 Å². The van der Waals surface area contributed by atoms with Crippen molar-refractivity contribution in [2.75, 3.05) is 13.7 Å². The Morgan fingerprint density at radius 2 is 1.66 bits per heavy atom. The molecule has 0 saturated carbocycles. The lowest BCUT2D eigenvalue weighted by atomic mass is 10.2. The number of benzene rings is 3. The minimum absolute atomic E-state index is 0.103. The molecule has 0 aliphatic rings. The van der Waals surface area contributed by atoms with Gasteiger partial charge in [-0.2, -0.15) is 5.10 Å². The lowest BCUT2D eigenvalue weighted by molar-refractivity contribution is -0.120. The van der Waals surface area contributed by atoms with Crippen LogP contribution in [-0.2, 0) is 11.4 Å². The molecule has 0 aliphatic carbocycles. The zero-order valence-electron chi connectivity index (χ0n) is 17.8. The molecular weight excluding hydrogens is 406 g/mol. The first kappa shape index (κ1) is 22.6. The van der Waals surface area contributed by atoms with Crippen LogP contribution in [0, 0.1) is 0 Å². The first-order valence-electron chi connectivity index (χ1n) is 10.2. The maximum atomic E-state index is 12.1. The van der Waals surface area contributed by atoms with Crippen LogP contribution >= 0.6 is 0 Å². The van der Waals surface area contributed by atoms with Gasteiger partial charge in [0.1, 0.15) is 18.1 Å². The molecule has 7 nitrogen and oxygen atoms in total. The number of ether oxygens (including phenoxy) is 2. The molecule has 7 heteroatoms. The monoisotopic (exact) mass is 431 g/mol. The molecule has 2 N–H and O–H groups in total. The van der Waals surface area contributed by atoms with Gasteiger partial charge in [-0.3, -0.25) is 9.59 Å². The Kier molecular flexibility index (Phi) is 8.39. The summed E-state index contributed by atoms with van der Waals surface area (Å²) in [4.78, 5) is 24.1. The quantitative estimate of drug-likeness (QED) is 0.380. The van der Waals surface area contributed by atoms with E-state index in [2.05, 4.69) is 15.8 Å². The van der Waals surface area contributed by atoms with E-state index in [0.29, 0.717) is 23.7 Å². The van der Waals surface area contributed by atoms with E-state index in [1.165, 1.54) is 6.21 Å². The second-order valence-electron chi connectivity index (χ2n) is 6.84. The highest BCUT2D eigenvalue weighted by Crippen LogP contribution is 2.17. The van der Waals surface area contributed by atoms with Crippen LogP contribution in [0.25, 0.3) is 0 Å². The summed E-state index contributed by atoms with van der Waals surface area (Å²) in [5.41, 5.74) is 4.77. The first-order valence-corrected chi connectivity index (χ1v) is 10.2. The standard InChI is InChI=1S/C25H25N3O4/c1-31-22-13-11-20(12-14-22)25(30)26-16-15-24(29)28-27-17-21-9-5-6-10-23(21)32-18-19-7-3-2-4-8-19/h2-14,17H,15-16,18H2,1H3,(H,26,30)(H,28,29). The van der Waals surface area contributed by atoms with Gasteiger partial charge in [-0.25, -0.2) is 5.43 Å². The van der Waals surface area contributed by atoms with Crippen molar-refractivity contribution in [1.82, 2.24) is 10.7 Å². The fraction of sp³-hybridized carbons (Fsp3) is 0.160. The number of carbonyl (C=O) groups is 2. The number of rotatable bonds is 10. The first-order chi connectivity index (χ1) is 15.7. The van der Waals surface area contributed by atoms with Gasteiger partial charge in [-0.05, 0) is 42.0 Å². The molecule has 0 atom stereocenters. The zero-order chi connectivity index (χ0) is 22.6. The summed E-state index contributed by atoms with van der Waals surface area (Å²) < 4.78 is 10.9. The highest BCUT2D eigenvalue weighted by Gasteiger charge is 2.07. The van der Waals surface area contributed by atoms with Gasteiger partial charge in [0.05, 0.1) is 13.3 Å². The highest BCUT2D eigenvalue weighted by atomic mass is 16.5. The van der Waals surface area contributed by atoms with Gasteiger partial charge < -0.3 is 14.8 Å². The Balaban J connectivity index is 1.43. The van der Waals surface area contributed by atoms with Gasteiger partial charge in [-0.15, -0.1) is 0 Å². The summed E-state index contributed by atoms with van der Waals surface area (Å²) in [6.07, 6.45) is 1.64. The number of hydrogen-bond donors (Lipinski definition) is 2. The summed E-state index contributed by atoms with van der Waals surface area (Å²) in [5, 5.41) is 6.71. The Morgan fingerprint density at radius 1 is 0.938 bits per heavy atom. The molecular formula is C25H25N3O4. The fourth-order valence-corrected chi connectivity index (χ4v) is 2.82. The van der Waals surface area contributed by atoms with Crippen LogP contribution in [0.5, 0.6) is 11.5 Å². The summed E-state index contributed by atoms with van der Waals surface area (Å²) in [6.45, 7) is 0.634. The van der Waals surface area contributed by atoms with E-state index in [4.69, 9.17) is 9.47 Å². The second kappa shape index (κ2) is 11.9. The number of methoxy groups -OCH3 is 1. The number of nitrogens with zero attached hydrogens (tertiary/aromatic N) is 1. The van der Waals surface area contributed by atoms with Crippen LogP contribution in [0.4, 0.5) is 0 Å². The van der Waals surface area contributed by atoms with Crippen LogP contribution in [-0.4, -0.2) is 31.7 Å². The van der Waals surface area contributed by atoms with Crippen LogP contribution in [0.1, 0.15) is 27.9 Å². The Morgan fingerprint density at radius 3 is 2.41 bits per heavy atom. The van der Waals surface area contributed by atoms with Crippen molar-refractivity contribution < 1.29 is 19.1 Å². The van der Waals surface area contributed by atoms with E-state index in [1.54, 1.807) is 31.4 Å². The molecule has 0 radical (unpaired) electrons. The zero-order valence-corrected chi connectivity index (χ0v) is 17.8. The van der Waals surface area contributed by atoms with Crippen LogP contribution in [0.3, 0.4) is 0 Å². The summed E-state index contributed by atoms with van der Waals surface area (Å²) >= 11 is 0. The Bertz CT molecular complexity index is 1050. The maximum absolute atomic E-state index is 12.1. The van der Waals surface area contributed by atoms with E-state index < -0.39 is 0 Å². The molecule has 0 heterocycles. The SMILES string of the molecule is COc1ccc(C(=O)NCCC(=O)NN=Cc2ccccc2OCc2ccccc2)cc1. The molecule has 0 aromatic heterocycles. The molecule has 164 valence electrons. The third-order valence-electron chi connectivity index (χ3n) is 4.54. The third kappa shape index (κ3) is 6.98. The van der Waals surface area contributed by atoms with E-state index in [9.17, 15) is 9.59 Å². The molecule has 0 saturated heterocycles. The molecule has 2 amide bonds. The van der Waals surface area contributed by atoms with Crippen LogP contribution in [0.2, 0.25) is 0 Å². The Labute approximate surface area is 187 Å². The summed E-state index contributed by atoms with van der Waals surface area (Å²) in [5.74, 6) is 0.777. The molecule has 3 rings (SSSR count). The smallest absolute Gasteiger partial charge is 0.251 e. The lowest BCUT2D eigenvalue weighted by Gasteiger charge is -2.09. The normalized spacial score (nSPS) is 10.5. The Hall–Kier alpha value is -4.13. The van der Waals surface area contributed by atoms with Crippen molar-refractivity contribution in [2.45, 2.75) is 13.0 Å². The molecule has 3 aromatic rings. The lowest BCUT2D eigenvalue weighted by Crippen LogP contribution is -2.29. The van der Waals surface area contributed by atoms with Crippen molar-refractivity contribution in [2.24, 2.45) is 5.10 Å². The molecule has 0 unspecified atom stereocenters. The van der Waals surface area contributed by atoms with Crippen molar-refractivity contribution >= 4 is 18.0 Å². The minimum Gasteiger partial charge on any atom is -0.497 e. The highest BCUT2D eigenvalue weighted by molar-refractivity contribution is 5.94. The predicted molar refractivity (Wildman–Crippen MR) is 123 cm³/mol. The van der Waals surface area contributed by atoms with Gasteiger partial charge >= 0.3 is 0 Å².